The number of nitrogens with zero attached hydrogens (tertiary/aromatic N) is 2. The first-order chi connectivity index (χ1) is 32.1. The van der Waals surface area contributed by atoms with Gasteiger partial charge in [-0.25, -0.2) is 0 Å². The fourth-order valence-corrected chi connectivity index (χ4v) is 8.11. The molecule has 0 heterocycles. The highest BCUT2D eigenvalue weighted by atomic mass is 31.2. The number of hydrogen-bond acceptors (Lipinski definition) is 5. The summed E-state index contributed by atoms with van der Waals surface area (Å²) in [6.45, 7) is 27.9. The lowest BCUT2D eigenvalue weighted by Gasteiger charge is -2.14. The molecular weight excluding hydrogens is 840 g/mol. The van der Waals surface area contributed by atoms with E-state index in [9.17, 15) is 0 Å². The predicted octanol–water partition coefficient (Wildman–Crippen LogP) is 20.3. The van der Waals surface area contributed by atoms with E-state index in [1.54, 1.807) is 0 Å². The molecule has 0 aliphatic heterocycles. The SMILES string of the molecule is CC(C)=CCC/C(C)=C\CC/C(C)=C\CC/C(C)=C\CC/C(C)=C/CC/C(C)=C/CC/C(C)=C/CC/C(C)=C/CC/C(C)=C/CC/C(C)=C/CC/C(C)=C/COP(OCCC#N)OCCC#N. The zero-order valence-corrected chi connectivity index (χ0v) is 46.0. The Hall–Kier alpha value is -3.57. The van der Waals surface area contributed by atoms with Gasteiger partial charge in [0.05, 0.1) is 44.8 Å². The van der Waals surface area contributed by atoms with Gasteiger partial charge in [-0.2, -0.15) is 10.5 Å². The molecule has 6 heteroatoms. The first-order valence-electron chi connectivity index (χ1n) is 25.8. The number of allylic oxidation sites excluding steroid dienone is 21. The van der Waals surface area contributed by atoms with Crippen molar-refractivity contribution >= 4 is 8.60 Å². The van der Waals surface area contributed by atoms with Crippen LogP contribution < -0.4 is 0 Å². The van der Waals surface area contributed by atoms with E-state index in [0.717, 1.165) is 103 Å². The van der Waals surface area contributed by atoms with Crippen molar-refractivity contribution in [1.82, 2.24) is 0 Å². The van der Waals surface area contributed by atoms with Crippen molar-refractivity contribution < 1.29 is 13.6 Å². The lowest BCUT2D eigenvalue weighted by molar-refractivity contribution is 0.175. The fourth-order valence-electron chi connectivity index (χ4n) is 7.21. The van der Waals surface area contributed by atoms with Crippen molar-refractivity contribution in [2.24, 2.45) is 0 Å². The van der Waals surface area contributed by atoms with E-state index in [1.165, 1.54) is 87.0 Å². The minimum atomic E-state index is -1.55. The minimum Gasteiger partial charge on any atom is -0.311 e. The molecule has 0 spiro atoms. The molecule has 374 valence electrons. The zero-order chi connectivity index (χ0) is 49.9. The molecule has 0 saturated carbocycles. The molecule has 0 aromatic rings. The summed E-state index contributed by atoms with van der Waals surface area (Å²) in [7, 11) is -1.55. The van der Waals surface area contributed by atoms with Crippen LogP contribution >= 0.6 is 8.60 Å². The fraction of sp³-hybridized carbons (Fsp3) is 0.607. The second-order valence-corrected chi connectivity index (χ2v) is 20.4. The molecule has 0 bridgehead atoms. The lowest BCUT2D eigenvalue weighted by Crippen LogP contribution is -1.99. The Morgan fingerprint density at radius 3 is 0.731 bits per heavy atom. The zero-order valence-electron chi connectivity index (χ0n) is 45.1. The second-order valence-electron chi connectivity index (χ2n) is 19.2. The van der Waals surface area contributed by atoms with Gasteiger partial charge in [0.25, 0.3) is 0 Å². The summed E-state index contributed by atoms with van der Waals surface area (Å²) < 4.78 is 16.8. The molecule has 5 nitrogen and oxygen atoms in total. The summed E-state index contributed by atoms with van der Waals surface area (Å²) in [5.41, 5.74) is 16.2. The lowest BCUT2D eigenvalue weighted by atomic mass is 10.0. The van der Waals surface area contributed by atoms with E-state index in [0.29, 0.717) is 6.61 Å². The van der Waals surface area contributed by atoms with Gasteiger partial charge in [-0.1, -0.05) is 128 Å². The Kier molecular flexibility index (Phi) is 41.4. The minimum absolute atomic E-state index is 0.263. The molecule has 0 atom stereocenters. The molecule has 0 N–H and O–H groups in total. The van der Waals surface area contributed by atoms with Crippen LogP contribution in [0.3, 0.4) is 0 Å². The van der Waals surface area contributed by atoms with Gasteiger partial charge in [0.15, 0.2) is 0 Å². The van der Waals surface area contributed by atoms with E-state index >= 15 is 0 Å². The molecule has 0 fully saturated rings. The van der Waals surface area contributed by atoms with Crippen LogP contribution in [0.15, 0.2) is 128 Å². The highest BCUT2D eigenvalue weighted by Crippen LogP contribution is 2.39. The van der Waals surface area contributed by atoms with E-state index in [-0.39, 0.29) is 26.1 Å². The van der Waals surface area contributed by atoms with Crippen molar-refractivity contribution in [3.63, 3.8) is 0 Å². The van der Waals surface area contributed by atoms with Crippen LogP contribution in [0.1, 0.15) is 224 Å². The first-order valence-corrected chi connectivity index (χ1v) is 26.9. The average Bonchev–Trinajstić information content (AvgIpc) is 3.26. The van der Waals surface area contributed by atoms with E-state index in [2.05, 4.69) is 150 Å². The molecule has 0 amide bonds. The summed E-state index contributed by atoms with van der Waals surface area (Å²) in [6.07, 6.45) is 49.5. The maximum absolute atomic E-state index is 8.74. The average molecular weight is 937 g/mol. The van der Waals surface area contributed by atoms with Crippen LogP contribution in [0.2, 0.25) is 0 Å². The topological polar surface area (TPSA) is 75.3 Å². The summed E-state index contributed by atoms with van der Waals surface area (Å²) in [6, 6.07) is 4.10. The second kappa shape index (κ2) is 43.7. The highest BCUT2D eigenvalue weighted by Gasteiger charge is 2.12. The van der Waals surface area contributed by atoms with Crippen molar-refractivity contribution in [2.75, 3.05) is 19.8 Å². The Morgan fingerprint density at radius 2 is 0.522 bits per heavy atom. The molecular formula is C61H97N2O3P. The third-order valence-electron chi connectivity index (χ3n) is 11.8. The molecule has 0 rings (SSSR count). The molecule has 0 aliphatic carbocycles. The van der Waals surface area contributed by atoms with Crippen molar-refractivity contribution in [3.05, 3.63) is 128 Å². The van der Waals surface area contributed by atoms with Gasteiger partial charge in [-0.15, -0.1) is 0 Å². The van der Waals surface area contributed by atoms with Gasteiger partial charge in [0.1, 0.15) is 0 Å². The first kappa shape index (κ1) is 63.4. The molecule has 0 saturated heterocycles. The molecule has 0 aromatic carbocycles. The van der Waals surface area contributed by atoms with Crippen LogP contribution in [0.25, 0.3) is 0 Å². The highest BCUT2D eigenvalue weighted by molar-refractivity contribution is 7.41. The summed E-state index contributed by atoms with van der Waals surface area (Å²) in [4.78, 5) is 0. The molecule has 0 radical (unpaired) electrons. The van der Waals surface area contributed by atoms with Gasteiger partial charge in [0, 0.05) is 0 Å². The smallest absolute Gasteiger partial charge is 0.311 e. The summed E-state index contributed by atoms with van der Waals surface area (Å²) in [5.74, 6) is 0. The number of rotatable bonds is 39. The Balaban J connectivity index is 4.33. The number of hydrogen-bond donors (Lipinski definition) is 0. The quantitative estimate of drug-likeness (QED) is 0.0349. The molecule has 0 aromatic heterocycles. The van der Waals surface area contributed by atoms with E-state index < -0.39 is 8.60 Å². The maximum Gasteiger partial charge on any atom is 0.333 e. The normalized spacial score (nSPS) is 14.3. The summed E-state index contributed by atoms with van der Waals surface area (Å²) in [5, 5.41) is 17.5. The third-order valence-corrected chi connectivity index (χ3v) is 13.0. The predicted molar refractivity (Wildman–Crippen MR) is 295 cm³/mol. The van der Waals surface area contributed by atoms with E-state index in [4.69, 9.17) is 24.1 Å². The van der Waals surface area contributed by atoms with Gasteiger partial charge in [-0.05, 0) is 212 Å². The van der Waals surface area contributed by atoms with Crippen LogP contribution in [-0.2, 0) is 13.6 Å². The number of nitriles is 2. The van der Waals surface area contributed by atoms with Crippen LogP contribution in [0, 0.1) is 22.7 Å². The maximum atomic E-state index is 8.74. The largest absolute Gasteiger partial charge is 0.333 e. The van der Waals surface area contributed by atoms with Gasteiger partial charge in [0.2, 0.25) is 0 Å². The van der Waals surface area contributed by atoms with Gasteiger partial charge < -0.3 is 13.6 Å². The Bertz CT molecular complexity index is 1770. The third kappa shape index (κ3) is 43.5. The van der Waals surface area contributed by atoms with Crippen LogP contribution in [0.4, 0.5) is 0 Å². The van der Waals surface area contributed by atoms with Crippen molar-refractivity contribution in [2.45, 2.75) is 224 Å². The summed E-state index contributed by atoms with van der Waals surface area (Å²) >= 11 is 0. The van der Waals surface area contributed by atoms with Gasteiger partial charge >= 0.3 is 8.60 Å². The Morgan fingerprint density at radius 1 is 0.313 bits per heavy atom. The monoisotopic (exact) mass is 937 g/mol. The van der Waals surface area contributed by atoms with Crippen LogP contribution in [0.5, 0.6) is 0 Å². The van der Waals surface area contributed by atoms with Crippen molar-refractivity contribution in [1.29, 1.82) is 10.5 Å². The van der Waals surface area contributed by atoms with E-state index in [1.807, 2.05) is 12.1 Å². The van der Waals surface area contributed by atoms with Gasteiger partial charge in [-0.3, -0.25) is 0 Å². The Labute approximate surface area is 415 Å². The van der Waals surface area contributed by atoms with Crippen LogP contribution in [-0.4, -0.2) is 19.8 Å². The molecule has 0 unspecified atom stereocenters. The standard InChI is InChI=1S/C61H97N2O3P/c1-51(2)25-13-26-52(3)27-14-28-53(4)29-15-30-54(5)31-16-32-55(6)33-17-34-56(7)35-18-36-57(8)37-19-38-58(9)39-20-40-59(10)41-21-42-60(11)43-22-44-61(12)45-50-66-67(64-48-23-46-62)65-49-24-47-63/h25,27,29,31,33,35,37,39,41,43,45H,13-24,26,28,30,32,34,36,38,40,42,44,48-50H2,1-12H3/b52-27-,53-29-,54-31-,55-33+,56-35+,57-37+,58-39+,59-41+,60-43+,61-45+. The molecule has 67 heavy (non-hydrogen) atoms. The molecule has 0 aliphatic rings. The van der Waals surface area contributed by atoms with Crippen molar-refractivity contribution in [3.8, 4) is 12.1 Å².